The van der Waals surface area contributed by atoms with Gasteiger partial charge in [0.05, 0.1) is 25.2 Å². The average molecular weight is 284 g/mol. The molecular formula is C14H24N2O4. The number of rotatable bonds is 8. The van der Waals surface area contributed by atoms with Crippen LogP contribution in [-0.4, -0.2) is 42.4 Å². The van der Waals surface area contributed by atoms with Crippen LogP contribution in [-0.2, 0) is 9.53 Å². The van der Waals surface area contributed by atoms with E-state index in [2.05, 4.69) is 17.2 Å². The predicted octanol–water partition coefficient (Wildman–Crippen LogP) is 1.67. The summed E-state index contributed by atoms with van der Waals surface area (Å²) in [5, 5.41) is 14.5. The lowest BCUT2D eigenvalue weighted by molar-refractivity contribution is -0.138. The lowest BCUT2D eigenvalue weighted by Gasteiger charge is -2.28. The quantitative estimate of drug-likeness (QED) is 0.467. The number of aliphatic carboxylic acids is 1. The first kappa shape index (κ1) is 16.5. The van der Waals surface area contributed by atoms with E-state index in [9.17, 15) is 9.59 Å². The van der Waals surface area contributed by atoms with E-state index >= 15 is 0 Å². The van der Waals surface area contributed by atoms with Gasteiger partial charge in [-0.1, -0.05) is 25.0 Å². The van der Waals surface area contributed by atoms with Crippen LogP contribution in [0, 0.1) is 0 Å². The normalized spacial score (nSPS) is 16.6. The fraction of sp³-hybridized carbons (Fsp3) is 0.714. The molecule has 2 amide bonds. The summed E-state index contributed by atoms with van der Waals surface area (Å²) in [6, 6.07) is -0.327. The van der Waals surface area contributed by atoms with Crippen molar-refractivity contribution in [1.29, 1.82) is 0 Å². The van der Waals surface area contributed by atoms with Gasteiger partial charge in [0.1, 0.15) is 0 Å². The van der Waals surface area contributed by atoms with E-state index < -0.39 is 11.5 Å². The monoisotopic (exact) mass is 284 g/mol. The Morgan fingerprint density at radius 1 is 1.35 bits per heavy atom. The Labute approximate surface area is 119 Å². The highest BCUT2D eigenvalue weighted by Crippen LogP contribution is 2.32. The van der Waals surface area contributed by atoms with Crippen LogP contribution in [0.5, 0.6) is 0 Å². The van der Waals surface area contributed by atoms with Gasteiger partial charge in [0.2, 0.25) is 0 Å². The molecule has 1 saturated carbocycles. The SMILES string of the molecule is C=C(C)COCCNC(=O)NC1(CC(=O)O)CCCC1. The van der Waals surface area contributed by atoms with Crippen molar-refractivity contribution in [1.82, 2.24) is 10.6 Å². The van der Waals surface area contributed by atoms with Crippen molar-refractivity contribution < 1.29 is 19.4 Å². The summed E-state index contributed by atoms with van der Waals surface area (Å²) in [5.74, 6) is -0.878. The largest absolute Gasteiger partial charge is 0.481 e. The van der Waals surface area contributed by atoms with E-state index in [0.717, 1.165) is 31.3 Å². The third kappa shape index (κ3) is 6.06. The number of hydrogen-bond donors (Lipinski definition) is 3. The van der Waals surface area contributed by atoms with Crippen molar-refractivity contribution in [3.8, 4) is 0 Å². The van der Waals surface area contributed by atoms with E-state index in [-0.39, 0.29) is 12.5 Å². The Kier molecular flexibility index (Phi) is 6.51. The third-order valence-electron chi connectivity index (χ3n) is 3.31. The van der Waals surface area contributed by atoms with Gasteiger partial charge in [-0.3, -0.25) is 4.79 Å². The predicted molar refractivity (Wildman–Crippen MR) is 75.6 cm³/mol. The Morgan fingerprint density at radius 2 is 2.00 bits per heavy atom. The van der Waals surface area contributed by atoms with Crippen molar-refractivity contribution in [2.24, 2.45) is 0 Å². The number of nitrogens with one attached hydrogen (secondary N) is 2. The molecule has 1 aliphatic carbocycles. The van der Waals surface area contributed by atoms with Crippen molar-refractivity contribution in [2.75, 3.05) is 19.8 Å². The zero-order valence-electron chi connectivity index (χ0n) is 12.0. The number of urea groups is 1. The fourth-order valence-electron chi connectivity index (χ4n) is 2.46. The molecule has 0 spiro atoms. The summed E-state index contributed by atoms with van der Waals surface area (Å²) in [7, 11) is 0. The number of carboxylic acids is 1. The second kappa shape index (κ2) is 7.89. The fourth-order valence-corrected chi connectivity index (χ4v) is 2.46. The summed E-state index contributed by atoms with van der Waals surface area (Å²) < 4.78 is 5.27. The minimum Gasteiger partial charge on any atom is -0.481 e. The van der Waals surface area contributed by atoms with Gasteiger partial charge in [-0.25, -0.2) is 4.79 Å². The maximum atomic E-state index is 11.8. The van der Waals surface area contributed by atoms with Gasteiger partial charge < -0.3 is 20.5 Å². The lowest BCUT2D eigenvalue weighted by Crippen LogP contribution is -2.52. The topological polar surface area (TPSA) is 87.7 Å². The number of amides is 2. The number of carboxylic acid groups (broad SMARTS) is 1. The molecule has 1 rings (SSSR count). The minimum atomic E-state index is -0.878. The molecule has 1 aliphatic rings. The Balaban J connectivity index is 2.28. The average Bonchev–Trinajstić information content (AvgIpc) is 2.75. The molecule has 0 aromatic heterocycles. The Morgan fingerprint density at radius 3 is 2.55 bits per heavy atom. The van der Waals surface area contributed by atoms with E-state index in [4.69, 9.17) is 9.84 Å². The maximum Gasteiger partial charge on any atom is 0.315 e. The molecule has 0 radical (unpaired) electrons. The Hall–Kier alpha value is -1.56. The van der Waals surface area contributed by atoms with Gasteiger partial charge in [0.25, 0.3) is 0 Å². The van der Waals surface area contributed by atoms with Crippen molar-refractivity contribution >= 4 is 12.0 Å². The molecule has 0 aliphatic heterocycles. The summed E-state index contributed by atoms with van der Waals surface area (Å²) in [4.78, 5) is 22.7. The van der Waals surface area contributed by atoms with Crippen molar-refractivity contribution in [2.45, 2.75) is 44.6 Å². The van der Waals surface area contributed by atoms with Gasteiger partial charge in [0, 0.05) is 6.54 Å². The van der Waals surface area contributed by atoms with Crippen LogP contribution < -0.4 is 10.6 Å². The molecule has 0 saturated heterocycles. The first-order chi connectivity index (χ1) is 9.43. The Bertz CT molecular complexity index is 362. The van der Waals surface area contributed by atoms with Crippen LogP contribution in [0.3, 0.4) is 0 Å². The molecule has 0 atom stereocenters. The second-order valence-electron chi connectivity index (χ2n) is 5.45. The second-order valence-corrected chi connectivity index (χ2v) is 5.45. The van der Waals surface area contributed by atoms with E-state index in [1.54, 1.807) is 0 Å². The number of carbonyl (C=O) groups is 2. The molecule has 0 heterocycles. The minimum absolute atomic E-state index is 0.0213. The van der Waals surface area contributed by atoms with Gasteiger partial charge >= 0.3 is 12.0 Å². The standard InChI is InChI=1S/C14H24N2O4/c1-11(2)10-20-8-7-15-13(19)16-14(9-12(17)18)5-3-4-6-14/h1,3-10H2,2H3,(H,17,18)(H2,15,16,19). The van der Waals surface area contributed by atoms with E-state index in [0.29, 0.717) is 19.8 Å². The molecule has 1 fully saturated rings. The van der Waals surface area contributed by atoms with Crippen LogP contribution in [0.4, 0.5) is 4.79 Å². The first-order valence-electron chi connectivity index (χ1n) is 6.93. The van der Waals surface area contributed by atoms with Crippen LogP contribution in [0.1, 0.15) is 39.0 Å². The highest BCUT2D eigenvalue weighted by atomic mass is 16.5. The highest BCUT2D eigenvalue weighted by molar-refractivity contribution is 5.76. The van der Waals surface area contributed by atoms with Crippen LogP contribution in [0.25, 0.3) is 0 Å². The van der Waals surface area contributed by atoms with Gasteiger partial charge in [-0.15, -0.1) is 0 Å². The molecule has 0 aromatic rings. The number of carbonyl (C=O) groups excluding carboxylic acids is 1. The first-order valence-corrected chi connectivity index (χ1v) is 6.93. The van der Waals surface area contributed by atoms with Crippen LogP contribution in [0.2, 0.25) is 0 Å². The van der Waals surface area contributed by atoms with Gasteiger partial charge in [-0.05, 0) is 19.8 Å². The molecule has 6 heteroatoms. The number of hydrogen-bond acceptors (Lipinski definition) is 3. The van der Waals surface area contributed by atoms with Gasteiger partial charge in [0.15, 0.2) is 0 Å². The summed E-state index contributed by atoms with van der Waals surface area (Å²) in [5.41, 5.74) is 0.343. The molecule has 0 unspecified atom stereocenters. The van der Waals surface area contributed by atoms with Crippen LogP contribution in [0.15, 0.2) is 12.2 Å². The lowest BCUT2D eigenvalue weighted by atomic mass is 9.93. The zero-order valence-corrected chi connectivity index (χ0v) is 12.0. The highest BCUT2D eigenvalue weighted by Gasteiger charge is 2.37. The molecule has 114 valence electrons. The molecular weight excluding hydrogens is 260 g/mol. The smallest absolute Gasteiger partial charge is 0.315 e. The number of ether oxygens (including phenoxy) is 1. The van der Waals surface area contributed by atoms with Crippen molar-refractivity contribution in [3.63, 3.8) is 0 Å². The third-order valence-corrected chi connectivity index (χ3v) is 3.31. The molecule has 20 heavy (non-hydrogen) atoms. The molecule has 3 N–H and O–H groups in total. The maximum absolute atomic E-state index is 11.8. The zero-order chi connectivity index (χ0) is 15.0. The summed E-state index contributed by atoms with van der Waals surface area (Å²) in [6.07, 6.45) is 3.33. The van der Waals surface area contributed by atoms with E-state index in [1.165, 1.54) is 0 Å². The van der Waals surface area contributed by atoms with Gasteiger partial charge in [-0.2, -0.15) is 0 Å². The summed E-state index contributed by atoms with van der Waals surface area (Å²) >= 11 is 0. The molecule has 0 aromatic carbocycles. The van der Waals surface area contributed by atoms with Crippen molar-refractivity contribution in [3.05, 3.63) is 12.2 Å². The summed E-state index contributed by atoms with van der Waals surface area (Å²) in [6.45, 7) is 6.86. The van der Waals surface area contributed by atoms with E-state index in [1.807, 2.05) is 6.92 Å². The van der Waals surface area contributed by atoms with Crippen LogP contribution >= 0.6 is 0 Å². The molecule has 0 bridgehead atoms. The molecule has 6 nitrogen and oxygen atoms in total.